The van der Waals surface area contributed by atoms with Gasteiger partial charge in [0.15, 0.2) is 23.9 Å². The molecule has 0 aliphatic rings. The lowest BCUT2D eigenvalue weighted by atomic mass is 10.2. The third-order valence-electron chi connectivity index (χ3n) is 6.89. The van der Waals surface area contributed by atoms with E-state index in [-0.39, 0.29) is 29.6 Å². The summed E-state index contributed by atoms with van der Waals surface area (Å²) in [5.41, 5.74) is 3.13. The minimum atomic E-state index is -0.360. The van der Waals surface area contributed by atoms with Gasteiger partial charge >= 0.3 is 0 Å². The lowest BCUT2D eigenvalue weighted by Crippen LogP contribution is -2.20. The molecule has 2 aromatic heterocycles. The highest BCUT2D eigenvalue weighted by Crippen LogP contribution is 2.38. The topological polar surface area (TPSA) is 117 Å². The number of ether oxygens (including phenoxy) is 3. The molecule has 0 fully saturated rings. The molecule has 1 amide bonds. The molecule has 44 heavy (non-hydrogen) atoms. The van der Waals surface area contributed by atoms with Crippen LogP contribution in [0.15, 0.2) is 105 Å². The molecule has 0 bridgehead atoms. The van der Waals surface area contributed by atoms with Crippen LogP contribution in [0.4, 0.5) is 5.69 Å². The molecule has 0 atom stereocenters. The maximum Gasteiger partial charge on any atom is 0.282 e. The second-order valence-corrected chi connectivity index (χ2v) is 9.92. The Kier molecular flexibility index (Phi) is 7.79. The van der Waals surface area contributed by atoms with Crippen LogP contribution in [0, 0.1) is 6.92 Å². The Morgan fingerprint density at radius 3 is 2.39 bits per heavy atom. The molecule has 0 saturated carbocycles. The first-order chi connectivity index (χ1) is 21.4. The van der Waals surface area contributed by atoms with Crippen molar-refractivity contribution in [3.8, 4) is 28.8 Å². The number of amides is 1. The summed E-state index contributed by atoms with van der Waals surface area (Å²) in [6, 6.07) is 27.2. The molecule has 0 aliphatic carbocycles. The number of fused-ring (bicyclic) bond motifs is 2. The third kappa shape index (κ3) is 5.73. The smallest absolute Gasteiger partial charge is 0.282 e. The lowest BCUT2D eigenvalue weighted by molar-refractivity contribution is -0.118. The van der Waals surface area contributed by atoms with Crippen molar-refractivity contribution in [3.05, 3.63) is 112 Å². The molecule has 6 aromatic rings. The van der Waals surface area contributed by atoms with E-state index in [1.54, 1.807) is 30.3 Å². The molecule has 1 N–H and O–H groups in total. The van der Waals surface area contributed by atoms with Crippen molar-refractivity contribution in [3.63, 3.8) is 0 Å². The minimum absolute atomic E-state index is 0.249. The maximum atomic E-state index is 13.6. The summed E-state index contributed by atoms with van der Waals surface area (Å²) in [7, 11) is 2.96. The monoisotopic (exact) mass is 588 g/mol. The number of furan rings is 1. The standard InChI is InChI=1S/C34H28N4O6/c1-21-12-14-24(15-13-21)36-31(39)20-43-32-28(41-2)16-22(17-29(32)42-3)19-35-38-33(30-18-23-8-4-7-11-27(23)44-30)37-26-10-6-5-9-25(26)34(38)40/h4-19H,20H2,1-3H3,(H,36,39). The van der Waals surface area contributed by atoms with Gasteiger partial charge in [-0.1, -0.05) is 48.0 Å². The van der Waals surface area contributed by atoms with Gasteiger partial charge in [-0.2, -0.15) is 9.78 Å². The van der Waals surface area contributed by atoms with Crippen LogP contribution in [0.25, 0.3) is 33.5 Å². The Morgan fingerprint density at radius 1 is 0.955 bits per heavy atom. The fourth-order valence-corrected chi connectivity index (χ4v) is 4.70. The zero-order valence-corrected chi connectivity index (χ0v) is 24.2. The molecular formula is C34H28N4O6. The van der Waals surface area contributed by atoms with Gasteiger partial charge in [0, 0.05) is 16.6 Å². The molecule has 10 heteroatoms. The summed E-state index contributed by atoms with van der Waals surface area (Å²) in [6.45, 7) is 1.70. The van der Waals surface area contributed by atoms with Crippen LogP contribution in [-0.4, -0.2) is 42.6 Å². The number of nitrogens with one attached hydrogen (secondary N) is 1. The van der Waals surface area contributed by atoms with E-state index in [1.807, 2.05) is 67.6 Å². The third-order valence-corrected chi connectivity index (χ3v) is 6.89. The molecule has 0 unspecified atom stereocenters. The van der Waals surface area contributed by atoms with Crippen molar-refractivity contribution in [2.24, 2.45) is 5.10 Å². The number of aryl methyl sites for hydroxylation is 1. The highest BCUT2D eigenvalue weighted by molar-refractivity contribution is 5.92. The van der Waals surface area contributed by atoms with Crippen molar-refractivity contribution in [1.29, 1.82) is 0 Å². The normalized spacial score (nSPS) is 11.2. The summed E-state index contributed by atoms with van der Waals surface area (Å²) in [4.78, 5) is 30.9. The summed E-state index contributed by atoms with van der Waals surface area (Å²) < 4.78 is 24.2. The Bertz CT molecular complexity index is 2020. The second-order valence-electron chi connectivity index (χ2n) is 9.92. The Labute approximate surface area is 252 Å². The van der Waals surface area contributed by atoms with Gasteiger partial charge in [-0.25, -0.2) is 4.98 Å². The zero-order valence-electron chi connectivity index (χ0n) is 24.2. The Morgan fingerprint density at radius 2 is 1.66 bits per heavy atom. The molecule has 4 aromatic carbocycles. The first-order valence-corrected chi connectivity index (χ1v) is 13.7. The number of para-hydroxylation sites is 2. The molecule has 2 heterocycles. The van der Waals surface area contributed by atoms with E-state index in [1.165, 1.54) is 25.1 Å². The Hall–Kier alpha value is -5.90. The fourth-order valence-electron chi connectivity index (χ4n) is 4.70. The van der Waals surface area contributed by atoms with Crippen molar-refractivity contribution in [2.75, 3.05) is 26.1 Å². The van der Waals surface area contributed by atoms with Gasteiger partial charge in [-0.05, 0) is 55.5 Å². The molecule has 0 radical (unpaired) electrons. The SMILES string of the molecule is COc1cc(C=Nn2c(-c3cc4ccccc4o3)nc3ccccc3c2=O)cc(OC)c1OCC(=O)Nc1ccc(C)cc1. The average molecular weight is 589 g/mol. The van der Waals surface area contributed by atoms with E-state index in [0.29, 0.717) is 45.0 Å². The summed E-state index contributed by atoms with van der Waals surface area (Å²) in [6.07, 6.45) is 1.49. The highest BCUT2D eigenvalue weighted by Gasteiger charge is 2.18. The van der Waals surface area contributed by atoms with Crippen molar-refractivity contribution in [1.82, 2.24) is 9.66 Å². The molecule has 10 nitrogen and oxygen atoms in total. The first kappa shape index (κ1) is 28.2. The summed E-state index contributed by atoms with van der Waals surface area (Å²) in [5.74, 6) is 1.18. The van der Waals surface area contributed by atoms with Gasteiger partial charge in [0.2, 0.25) is 11.6 Å². The van der Waals surface area contributed by atoms with Crippen LogP contribution < -0.4 is 25.1 Å². The second kappa shape index (κ2) is 12.1. The maximum absolute atomic E-state index is 13.6. The van der Waals surface area contributed by atoms with Gasteiger partial charge in [-0.3, -0.25) is 9.59 Å². The quantitative estimate of drug-likeness (QED) is 0.205. The van der Waals surface area contributed by atoms with Gasteiger partial charge in [0.25, 0.3) is 11.5 Å². The average Bonchev–Trinajstić information content (AvgIpc) is 3.48. The number of anilines is 1. The van der Waals surface area contributed by atoms with Gasteiger partial charge in [0.1, 0.15) is 5.58 Å². The fraction of sp³-hybridized carbons (Fsp3) is 0.118. The van der Waals surface area contributed by atoms with Gasteiger partial charge < -0.3 is 23.9 Å². The summed E-state index contributed by atoms with van der Waals surface area (Å²) in [5, 5.41) is 8.60. The van der Waals surface area contributed by atoms with Crippen molar-refractivity contribution < 1.29 is 23.4 Å². The number of aromatic nitrogens is 2. The number of carbonyl (C=O) groups excluding carboxylic acids is 1. The van der Waals surface area contributed by atoms with E-state index in [2.05, 4.69) is 10.4 Å². The number of hydrogen-bond donors (Lipinski definition) is 1. The van der Waals surface area contributed by atoms with Crippen molar-refractivity contribution in [2.45, 2.75) is 6.92 Å². The number of hydrogen-bond acceptors (Lipinski definition) is 8. The van der Waals surface area contributed by atoms with Crippen LogP contribution in [0.5, 0.6) is 17.2 Å². The van der Waals surface area contributed by atoms with E-state index < -0.39 is 0 Å². The minimum Gasteiger partial charge on any atom is -0.493 e. The van der Waals surface area contributed by atoms with E-state index in [0.717, 1.165) is 10.9 Å². The number of methoxy groups -OCH3 is 2. The van der Waals surface area contributed by atoms with E-state index >= 15 is 0 Å². The highest BCUT2D eigenvalue weighted by atomic mass is 16.5. The van der Waals surface area contributed by atoms with Gasteiger partial charge in [-0.15, -0.1) is 0 Å². The number of carbonyl (C=O) groups is 1. The van der Waals surface area contributed by atoms with Gasteiger partial charge in [0.05, 0.1) is 31.3 Å². The molecule has 0 saturated heterocycles. The molecule has 6 rings (SSSR count). The van der Waals surface area contributed by atoms with Crippen LogP contribution in [0.3, 0.4) is 0 Å². The van der Waals surface area contributed by atoms with Crippen LogP contribution in [0.1, 0.15) is 11.1 Å². The van der Waals surface area contributed by atoms with Crippen LogP contribution in [0.2, 0.25) is 0 Å². The predicted octanol–water partition coefficient (Wildman–Crippen LogP) is 6.04. The number of benzene rings is 4. The zero-order chi connectivity index (χ0) is 30.6. The molecule has 0 spiro atoms. The number of rotatable bonds is 9. The summed E-state index contributed by atoms with van der Waals surface area (Å²) >= 11 is 0. The predicted molar refractivity (Wildman–Crippen MR) is 169 cm³/mol. The molecule has 0 aliphatic heterocycles. The lowest BCUT2D eigenvalue weighted by Gasteiger charge is -2.15. The van der Waals surface area contributed by atoms with Crippen LogP contribution in [-0.2, 0) is 4.79 Å². The Balaban J connectivity index is 1.33. The first-order valence-electron chi connectivity index (χ1n) is 13.7. The van der Waals surface area contributed by atoms with E-state index in [4.69, 9.17) is 23.6 Å². The van der Waals surface area contributed by atoms with Crippen molar-refractivity contribution >= 4 is 39.7 Å². The molecular weight excluding hydrogens is 560 g/mol. The van der Waals surface area contributed by atoms with E-state index in [9.17, 15) is 9.59 Å². The van der Waals surface area contributed by atoms with Crippen LogP contribution >= 0.6 is 0 Å². The molecule has 220 valence electrons. The number of nitrogens with zero attached hydrogens (tertiary/aromatic N) is 3. The largest absolute Gasteiger partial charge is 0.493 e.